The van der Waals surface area contributed by atoms with Crippen LogP contribution >= 0.6 is 0 Å². The second-order valence-corrected chi connectivity index (χ2v) is 6.13. The van der Waals surface area contributed by atoms with E-state index in [1.54, 1.807) is 0 Å². The van der Waals surface area contributed by atoms with Gasteiger partial charge in [-0.2, -0.15) is 4.72 Å². The molecule has 0 radical (unpaired) electrons. The Morgan fingerprint density at radius 3 is 2.84 bits per heavy atom. The van der Waals surface area contributed by atoms with Crippen molar-refractivity contribution >= 4 is 15.9 Å². The molecular formula is C12H15FN2O3S. The molecule has 19 heavy (non-hydrogen) atoms. The first-order valence-corrected chi connectivity index (χ1v) is 7.53. The summed E-state index contributed by atoms with van der Waals surface area (Å²) in [4.78, 5) is 11.5. The Hall–Kier alpha value is -1.47. The zero-order chi connectivity index (χ0) is 13.9. The van der Waals surface area contributed by atoms with E-state index in [-0.39, 0.29) is 10.8 Å². The predicted molar refractivity (Wildman–Crippen MR) is 67.4 cm³/mol. The molecule has 0 bridgehead atoms. The van der Waals surface area contributed by atoms with Crippen molar-refractivity contribution in [3.8, 4) is 0 Å². The lowest BCUT2D eigenvalue weighted by molar-refractivity contribution is -0.122. The molecule has 1 fully saturated rings. The van der Waals surface area contributed by atoms with Gasteiger partial charge in [0.1, 0.15) is 11.9 Å². The number of carbonyl (C=O) groups is 1. The fourth-order valence-corrected chi connectivity index (χ4v) is 3.20. The van der Waals surface area contributed by atoms with Gasteiger partial charge in [0.05, 0.1) is 4.90 Å². The number of benzene rings is 1. The van der Waals surface area contributed by atoms with Crippen LogP contribution in [0.5, 0.6) is 0 Å². The largest absolute Gasteiger partial charge is 0.355 e. The third kappa shape index (κ3) is 3.51. The summed E-state index contributed by atoms with van der Waals surface area (Å²) >= 11 is 0. The highest BCUT2D eigenvalue weighted by Crippen LogP contribution is 2.13. The summed E-state index contributed by atoms with van der Waals surface area (Å²) in [5, 5.41) is 2.64. The van der Waals surface area contributed by atoms with Crippen LogP contribution in [0.1, 0.15) is 19.3 Å². The van der Waals surface area contributed by atoms with Gasteiger partial charge in [-0.3, -0.25) is 4.79 Å². The Balaban J connectivity index is 2.18. The van der Waals surface area contributed by atoms with Gasteiger partial charge in [-0.1, -0.05) is 6.07 Å². The highest BCUT2D eigenvalue weighted by Gasteiger charge is 2.26. The van der Waals surface area contributed by atoms with Crippen LogP contribution in [-0.4, -0.2) is 26.9 Å². The maximum absolute atomic E-state index is 13.0. The van der Waals surface area contributed by atoms with Crippen LogP contribution in [0.15, 0.2) is 29.2 Å². The quantitative estimate of drug-likeness (QED) is 0.862. The van der Waals surface area contributed by atoms with Crippen molar-refractivity contribution < 1.29 is 17.6 Å². The van der Waals surface area contributed by atoms with Crippen LogP contribution in [-0.2, 0) is 14.8 Å². The topological polar surface area (TPSA) is 75.3 Å². The Labute approximate surface area is 111 Å². The van der Waals surface area contributed by atoms with Crippen molar-refractivity contribution in [2.24, 2.45) is 0 Å². The number of amides is 1. The third-order valence-corrected chi connectivity index (χ3v) is 4.41. The predicted octanol–water partition coefficient (Wildman–Crippen LogP) is 0.773. The number of carbonyl (C=O) groups excluding carboxylic acids is 1. The molecule has 1 amide bonds. The van der Waals surface area contributed by atoms with Crippen LogP contribution in [0.25, 0.3) is 0 Å². The maximum Gasteiger partial charge on any atom is 0.241 e. The fraction of sp³-hybridized carbons (Fsp3) is 0.417. The van der Waals surface area contributed by atoms with Crippen molar-refractivity contribution in [3.63, 3.8) is 0 Å². The summed E-state index contributed by atoms with van der Waals surface area (Å²) in [5.74, 6) is -0.967. The highest BCUT2D eigenvalue weighted by molar-refractivity contribution is 7.89. The number of hydrogen-bond donors (Lipinski definition) is 2. The summed E-state index contributed by atoms with van der Waals surface area (Å²) in [6.07, 6.45) is 2.03. The van der Waals surface area contributed by atoms with Crippen molar-refractivity contribution in [2.75, 3.05) is 6.54 Å². The zero-order valence-electron chi connectivity index (χ0n) is 10.2. The van der Waals surface area contributed by atoms with E-state index in [2.05, 4.69) is 10.0 Å². The van der Waals surface area contributed by atoms with Crippen molar-refractivity contribution in [1.82, 2.24) is 10.0 Å². The molecule has 1 saturated heterocycles. The SMILES string of the molecule is O=C1NCCCCC1NS(=O)(=O)c1cccc(F)c1. The fourth-order valence-electron chi connectivity index (χ4n) is 1.94. The van der Waals surface area contributed by atoms with E-state index in [0.717, 1.165) is 25.0 Å². The molecule has 1 aromatic carbocycles. The summed E-state index contributed by atoms with van der Waals surface area (Å²) in [6.45, 7) is 0.553. The molecule has 1 aliphatic rings. The average Bonchev–Trinajstić information content (AvgIpc) is 2.55. The van der Waals surface area contributed by atoms with Crippen LogP contribution in [0.3, 0.4) is 0 Å². The van der Waals surface area contributed by atoms with Gasteiger partial charge < -0.3 is 5.32 Å². The summed E-state index contributed by atoms with van der Waals surface area (Å²) in [5.41, 5.74) is 0. The smallest absolute Gasteiger partial charge is 0.241 e. The van der Waals surface area contributed by atoms with E-state index in [1.807, 2.05) is 0 Å². The zero-order valence-corrected chi connectivity index (χ0v) is 11.0. The molecule has 1 unspecified atom stereocenters. The minimum absolute atomic E-state index is 0.176. The standard InChI is InChI=1S/C12H15FN2O3S/c13-9-4-3-5-10(8-9)19(17,18)15-11-6-1-2-7-14-12(11)16/h3-5,8,11,15H,1-2,6-7H2,(H,14,16). The number of hydrogen-bond acceptors (Lipinski definition) is 3. The lowest BCUT2D eigenvalue weighted by Crippen LogP contribution is -2.45. The van der Waals surface area contributed by atoms with Crippen LogP contribution in [0, 0.1) is 5.82 Å². The second-order valence-electron chi connectivity index (χ2n) is 4.42. The monoisotopic (exact) mass is 286 g/mol. The summed E-state index contributed by atoms with van der Waals surface area (Å²) in [7, 11) is -3.88. The summed E-state index contributed by atoms with van der Waals surface area (Å²) < 4.78 is 39.5. The van der Waals surface area contributed by atoms with Crippen molar-refractivity contribution in [2.45, 2.75) is 30.2 Å². The molecule has 7 heteroatoms. The average molecular weight is 286 g/mol. The van der Waals surface area contributed by atoms with Gasteiger partial charge in [0.25, 0.3) is 0 Å². The van der Waals surface area contributed by atoms with Gasteiger partial charge in [-0.05, 0) is 37.5 Å². The molecule has 104 valence electrons. The van der Waals surface area contributed by atoms with Crippen LogP contribution < -0.4 is 10.0 Å². The van der Waals surface area contributed by atoms with Crippen LogP contribution in [0.2, 0.25) is 0 Å². The Morgan fingerprint density at radius 2 is 2.11 bits per heavy atom. The van der Waals surface area contributed by atoms with Gasteiger partial charge >= 0.3 is 0 Å². The van der Waals surface area contributed by atoms with Gasteiger partial charge in [0.2, 0.25) is 15.9 Å². The van der Waals surface area contributed by atoms with E-state index in [9.17, 15) is 17.6 Å². The van der Waals surface area contributed by atoms with Gasteiger partial charge in [-0.15, -0.1) is 0 Å². The van der Waals surface area contributed by atoms with Gasteiger partial charge in [0, 0.05) is 6.54 Å². The number of halogens is 1. The first-order chi connectivity index (χ1) is 8.99. The minimum Gasteiger partial charge on any atom is -0.355 e. The molecule has 1 aliphatic heterocycles. The van der Waals surface area contributed by atoms with Crippen molar-refractivity contribution in [3.05, 3.63) is 30.1 Å². The molecular weight excluding hydrogens is 271 g/mol. The van der Waals surface area contributed by atoms with E-state index >= 15 is 0 Å². The number of rotatable bonds is 3. The second kappa shape index (κ2) is 5.66. The Morgan fingerprint density at radius 1 is 1.32 bits per heavy atom. The minimum atomic E-state index is -3.88. The first-order valence-electron chi connectivity index (χ1n) is 6.05. The number of sulfonamides is 1. The van der Waals surface area contributed by atoms with E-state index in [0.29, 0.717) is 13.0 Å². The number of nitrogens with one attached hydrogen (secondary N) is 2. The van der Waals surface area contributed by atoms with E-state index in [4.69, 9.17) is 0 Å². The summed E-state index contributed by atoms with van der Waals surface area (Å²) in [6, 6.07) is 3.90. The first kappa shape index (κ1) is 14.0. The van der Waals surface area contributed by atoms with E-state index in [1.165, 1.54) is 12.1 Å². The van der Waals surface area contributed by atoms with Crippen molar-refractivity contribution in [1.29, 1.82) is 0 Å². The molecule has 1 heterocycles. The molecule has 1 aromatic rings. The molecule has 0 saturated carbocycles. The normalized spacial score (nSPS) is 20.7. The Kier molecular flexibility index (Phi) is 4.16. The Bertz CT molecular complexity index is 574. The maximum atomic E-state index is 13.0. The molecule has 5 nitrogen and oxygen atoms in total. The molecule has 0 aliphatic carbocycles. The lowest BCUT2D eigenvalue weighted by atomic mass is 10.1. The van der Waals surface area contributed by atoms with E-state index < -0.39 is 21.9 Å². The molecule has 1 atom stereocenters. The molecule has 0 spiro atoms. The molecule has 2 N–H and O–H groups in total. The van der Waals surface area contributed by atoms with Crippen LogP contribution in [0.4, 0.5) is 4.39 Å². The third-order valence-electron chi connectivity index (χ3n) is 2.94. The highest BCUT2D eigenvalue weighted by atomic mass is 32.2. The molecule has 2 rings (SSSR count). The van der Waals surface area contributed by atoms with Gasteiger partial charge in [0.15, 0.2) is 0 Å². The lowest BCUT2D eigenvalue weighted by Gasteiger charge is -2.15. The molecule has 0 aromatic heterocycles. The van der Waals surface area contributed by atoms with Gasteiger partial charge in [-0.25, -0.2) is 12.8 Å².